The van der Waals surface area contributed by atoms with Crippen molar-refractivity contribution >= 4 is 22.5 Å². The molecule has 0 bridgehead atoms. The van der Waals surface area contributed by atoms with Crippen molar-refractivity contribution in [3.8, 4) is 0 Å². The van der Waals surface area contributed by atoms with E-state index in [4.69, 9.17) is 11.6 Å². The first-order valence-electron chi connectivity index (χ1n) is 6.98. The van der Waals surface area contributed by atoms with Crippen LogP contribution in [0.1, 0.15) is 11.1 Å². The standard InChI is InChI=1S/C18H16ClNO/c19-17-7-3-1-5-14(17)12-15(21)11-13-9-10-20-18-8-4-2-6-16(13)18/h1-10,15,21H,11-12H2. The number of aliphatic hydroxyl groups is 1. The average Bonchev–Trinajstić information content (AvgIpc) is 2.50. The maximum absolute atomic E-state index is 10.4. The first kappa shape index (κ1) is 14.1. The minimum Gasteiger partial charge on any atom is -0.392 e. The molecule has 0 amide bonds. The Bertz CT molecular complexity index is 752. The number of para-hydroxylation sites is 1. The second-order valence-corrected chi connectivity index (χ2v) is 5.55. The summed E-state index contributed by atoms with van der Waals surface area (Å²) in [6.07, 6.45) is 2.47. The highest BCUT2D eigenvalue weighted by Gasteiger charge is 2.11. The number of hydrogen-bond acceptors (Lipinski definition) is 2. The molecule has 0 radical (unpaired) electrons. The maximum Gasteiger partial charge on any atom is 0.0704 e. The number of rotatable bonds is 4. The average molecular weight is 298 g/mol. The van der Waals surface area contributed by atoms with Gasteiger partial charge in [0.1, 0.15) is 0 Å². The molecule has 1 N–H and O–H groups in total. The van der Waals surface area contributed by atoms with Crippen molar-refractivity contribution < 1.29 is 5.11 Å². The predicted octanol–water partition coefficient (Wildman–Crippen LogP) is 4.03. The topological polar surface area (TPSA) is 33.1 Å². The maximum atomic E-state index is 10.4. The van der Waals surface area contributed by atoms with Gasteiger partial charge in [-0.15, -0.1) is 0 Å². The molecule has 1 unspecified atom stereocenters. The Labute approximate surface area is 129 Å². The highest BCUT2D eigenvalue weighted by Crippen LogP contribution is 2.21. The normalized spacial score (nSPS) is 12.5. The molecule has 21 heavy (non-hydrogen) atoms. The third-order valence-corrected chi connectivity index (χ3v) is 3.98. The molecule has 1 aromatic heterocycles. The smallest absolute Gasteiger partial charge is 0.0704 e. The van der Waals surface area contributed by atoms with Gasteiger partial charge in [0.25, 0.3) is 0 Å². The number of nitrogens with zero attached hydrogens (tertiary/aromatic N) is 1. The zero-order valence-corrected chi connectivity index (χ0v) is 12.3. The lowest BCUT2D eigenvalue weighted by molar-refractivity contribution is 0.176. The molecule has 3 aromatic rings. The van der Waals surface area contributed by atoms with E-state index in [9.17, 15) is 5.11 Å². The van der Waals surface area contributed by atoms with E-state index in [1.165, 1.54) is 0 Å². The molecule has 0 fully saturated rings. The van der Waals surface area contributed by atoms with Crippen molar-refractivity contribution in [2.45, 2.75) is 18.9 Å². The highest BCUT2D eigenvalue weighted by molar-refractivity contribution is 6.31. The molecule has 2 nitrogen and oxygen atoms in total. The number of aromatic nitrogens is 1. The lowest BCUT2D eigenvalue weighted by Gasteiger charge is -2.13. The molecule has 0 saturated heterocycles. The first-order valence-corrected chi connectivity index (χ1v) is 7.36. The van der Waals surface area contributed by atoms with Crippen LogP contribution in [0.3, 0.4) is 0 Å². The Hall–Kier alpha value is -1.90. The Morgan fingerprint density at radius 2 is 1.62 bits per heavy atom. The Morgan fingerprint density at radius 1 is 0.905 bits per heavy atom. The monoisotopic (exact) mass is 297 g/mol. The summed E-state index contributed by atoms with van der Waals surface area (Å²) < 4.78 is 0. The lowest BCUT2D eigenvalue weighted by Crippen LogP contribution is -2.14. The molecule has 3 heteroatoms. The largest absolute Gasteiger partial charge is 0.392 e. The van der Waals surface area contributed by atoms with Crippen molar-refractivity contribution in [2.75, 3.05) is 0 Å². The van der Waals surface area contributed by atoms with Crippen LogP contribution in [0.4, 0.5) is 0 Å². The molecule has 0 saturated carbocycles. The SMILES string of the molecule is OC(Cc1ccccc1Cl)Cc1ccnc2ccccc12. The van der Waals surface area contributed by atoms with Gasteiger partial charge in [0.2, 0.25) is 0 Å². The quantitative estimate of drug-likeness (QED) is 0.788. The molecule has 2 aromatic carbocycles. The van der Waals surface area contributed by atoms with E-state index in [0.717, 1.165) is 22.0 Å². The molecule has 0 aliphatic rings. The van der Waals surface area contributed by atoms with Gasteiger partial charge in [-0.05, 0) is 35.7 Å². The van der Waals surface area contributed by atoms with Gasteiger partial charge >= 0.3 is 0 Å². The number of fused-ring (bicyclic) bond motifs is 1. The number of aliphatic hydroxyl groups excluding tert-OH is 1. The zero-order chi connectivity index (χ0) is 14.7. The van der Waals surface area contributed by atoms with Gasteiger partial charge in [-0.1, -0.05) is 48.0 Å². The summed E-state index contributed by atoms with van der Waals surface area (Å²) in [5.41, 5.74) is 3.05. The van der Waals surface area contributed by atoms with Crippen LogP contribution >= 0.6 is 11.6 Å². The molecule has 106 valence electrons. The van der Waals surface area contributed by atoms with Crippen LogP contribution < -0.4 is 0 Å². The summed E-state index contributed by atoms with van der Waals surface area (Å²) in [5, 5.41) is 12.2. The van der Waals surface area contributed by atoms with Gasteiger partial charge in [-0.3, -0.25) is 4.98 Å². The van der Waals surface area contributed by atoms with Crippen LogP contribution in [0.2, 0.25) is 5.02 Å². The van der Waals surface area contributed by atoms with Crippen molar-refractivity contribution in [1.82, 2.24) is 4.98 Å². The third kappa shape index (κ3) is 3.23. The van der Waals surface area contributed by atoms with E-state index < -0.39 is 6.10 Å². The van der Waals surface area contributed by atoms with Crippen molar-refractivity contribution in [3.05, 3.63) is 76.9 Å². The zero-order valence-electron chi connectivity index (χ0n) is 11.5. The number of pyridine rings is 1. The molecular formula is C18H16ClNO. The van der Waals surface area contributed by atoms with Crippen LogP contribution in [0.15, 0.2) is 60.8 Å². The molecule has 0 aliphatic carbocycles. The molecule has 0 spiro atoms. The van der Waals surface area contributed by atoms with Crippen LogP contribution in [0.25, 0.3) is 10.9 Å². The van der Waals surface area contributed by atoms with Gasteiger partial charge in [-0.2, -0.15) is 0 Å². The van der Waals surface area contributed by atoms with E-state index >= 15 is 0 Å². The highest BCUT2D eigenvalue weighted by atomic mass is 35.5. The molecule has 0 aliphatic heterocycles. The number of hydrogen-bond donors (Lipinski definition) is 1. The minimum absolute atomic E-state index is 0.462. The van der Waals surface area contributed by atoms with E-state index in [2.05, 4.69) is 4.98 Å². The Morgan fingerprint density at radius 3 is 2.48 bits per heavy atom. The summed E-state index contributed by atoms with van der Waals surface area (Å²) in [6.45, 7) is 0. The molecule has 1 heterocycles. The van der Waals surface area contributed by atoms with Crippen molar-refractivity contribution in [3.63, 3.8) is 0 Å². The minimum atomic E-state index is -0.462. The van der Waals surface area contributed by atoms with Crippen LogP contribution in [-0.2, 0) is 12.8 Å². The van der Waals surface area contributed by atoms with Gasteiger partial charge in [0.05, 0.1) is 11.6 Å². The van der Waals surface area contributed by atoms with Gasteiger partial charge in [-0.25, -0.2) is 0 Å². The van der Waals surface area contributed by atoms with E-state index in [-0.39, 0.29) is 0 Å². The lowest BCUT2D eigenvalue weighted by atomic mass is 9.99. The molecule has 1 atom stereocenters. The van der Waals surface area contributed by atoms with Gasteiger partial charge in [0, 0.05) is 23.0 Å². The fourth-order valence-corrected chi connectivity index (χ4v) is 2.79. The number of benzene rings is 2. The fraction of sp³-hybridized carbons (Fsp3) is 0.167. The second-order valence-electron chi connectivity index (χ2n) is 5.14. The van der Waals surface area contributed by atoms with E-state index in [0.29, 0.717) is 17.9 Å². The van der Waals surface area contributed by atoms with Gasteiger partial charge < -0.3 is 5.11 Å². The predicted molar refractivity (Wildman–Crippen MR) is 86.6 cm³/mol. The van der Waals surface area contributed by atoms with Gasteiger partial charge in [0.15, 0.2) is 0 Å². The van der Waals surface area contributed by atoms with E-state index in [1.54, 1.807) is 6.20 Å². The summed E-state index contributed by atoms with van der Waals surface area (Å²) in [6, 6.07) is 17.6. The van der Waals surface area contributed by atoms with Crippen LogP contribution in [0, 0.1) is 0 Å². The molecule has 3 rings (SSSR count). The second kappa shape index (κ2) is 6.25. The van der Waals surface area contributed by atoms with E-state index in [1.807, 2.05) is 54.6 Å². The third-order valence-electron chi connectivity index (χ3n) is 3.61. The number of halogens is 1. The van der Waals surface area contributed by atoms with Crippen molar-refractivity contribution in [2.24, 2.45) is 0 Å². The van der Waals surface area contributed by atoms with Crippen LogP contribution in [-0.4, -0.2) is 16.2 Å². The Kier molecular flexibility index (Phi) is 4.18. The summed E-state index contributed by atoms with van der Waals surface area (Å²) in [7, 11) is 0. The van der Waals surface area contributed by atoms with Crippen LogP contribution in [0.5, 0.6) is 0 Å². The first-order chi connectivity index (χ1) is 10.2. The summed E-state index contributed by atoms with van der Waals surface area (Å²) in [4.78, 5) is 4.34. The van der Waals surface area contributed by atoms with Crippen molar-refractivity contribution in [1.29, 1.82) is 0 Å². The summed E-state index contributed by atoms with van der Waals surface area (Å²) in [5.74, 6) is 0. The Balaban J connectivity index is 1.81. The molecular weight excluding hydrogens is 282 g/mol. The summed E-state index contributed by atoms with van der Waals surface area (Å²) >= 11 is 6.15. The fourth-order valence-electron chi connectivity index (χ4n) is 2.58.